The number of methoxy groups -OCH3 is 1. The maximum atomic E-state index is 13.8. The maximum absolute atomic E-state index is 13.8. The van der Waals surface area contributed by atoms with Crippen LogP contribution in [0.1, 0.15) is 25.3 Å². The zero-order valence-corrected chi connectivity index (χ0v) is 12.2. The van der Waals surface area contributed by atoms with Crippen LogP contribution in [0.5, 0.6) is 0 Å². The molecule has 1 unspecified atom stereocenters. The van der Waals surface area contributed by atoms with Gasteiger partial charge in [0.15, 0.2) is 0 Å². The lowest BCUT2D eigenvalue weighted by Crippen LogP contribution is -2.21. The van der Waals surface area contributed by atoms with Crippen LogP contribution >= 0.6 is 11.8 Å². The van der Waals surface area contributed by atoms with Gasteiger partial charge in [-0.15, -0.1) is 11.8 Å². The lowest BCUT2D eigenvalue weighted by Gasteiger charge is -2.11. The van der Waals surface area contributed by atoms with Crippen molar-refractivity contribution < 1.29 is 13.5 Å². The molecule has 0 aliphatic rings. The molecule has 1 aromatic rings. The van der Waals surface area contributed by atoms with Gasteiger partial charge in [-0.3, -0.25) is 0 Å². The molecule has 19 heavy (non-hydrogen) atoms. The van der Waals surface area contributed by atoms with Crippen molar-refractivity contribution in [2.75, 3.05) is 19.5 Å². The van der Waals surface area contributed by atoms with Crippen LogP contribution in [0.3, 0.4) is 0 Å². The van der Waals surface area contributed by atoms with E-state index >= 15 is 0 Å². The summed E-state index contributed by atoms with van der Waals surface area (Å²) in [4.78, 5) is 0.0879. The first-order valence-corrected chi connectivity index (χ1v) is 7.42. The van der Waals surface area contributed by atoms with E-state index in [0.717, 1.165) is 12.8 Å². The van der Waals surface area contributed by atoms with E-state index in [4.69, 9.17) is 10.5 Å². The Morgan fingerprint density at radius 1 is 1.32 bits per heavy atom. The van der Waals surface area contributed by atoms with Crippen LogP contribution in [0, 0.1) is 11.6 Å². The Balaban J connectivity index is 2.68. The van der Waals surface area contributed by atoms with E-state index in [1.54, 1.807) is 7.11 Å². The summed E-state index contributed by atoms with van der Waals surface area (Å²) in [7, 11) is 1.61. The molecule has 1 aromatic carbocycles. The highest BCUT2D eigenvalue weighted by atomic mass is 32.2. The van der Waals surface area contributed by atoms with Gasteiger partial charge in [-0.2, -0.15) is 0 Å². The van der Waals surface area contributed by atoms with E-state index in [9.17, 15) is 8.78 Å². The molecule has 0 aromatic heterocycles. The van der Waals surface area contributed by atoms with Gasteiger partial charge in [0.1, 0.15) is 11.6 Å². The molecule has 5 heteroatoms. The highest BCUT2D eigenvalue weighted by Crippen LogP contribution is 2.27. The summed E-state index contributed by atoms with van der Waals surface area (Å²) in [5.74, 6) is -0.364. The third kappa shape index (κ3) is 5.47. The first kappa shape index (κ1) is 16.4. The minimum Gasteiger partial charge on any atom is -0.385 e. The topological polar surface area (TPSA) is 35.2 Å². The van der Waals surface area contributed by atoms with Gasteiger partial charge in [0, 0.05) is 25.5 Å². The van der Waals surface area contributed by atoms with Crippen LogP contribution in [0.2, 0.25) is 0 Å². The fourth-order valence-electron chi connectivity index (χ4n) is 1.69. The highest BCUT2D eigenvalue weighted by molar-refractivity contribution is 7.99. The molecule has 108 valence electrons. The highest BCUT2D eigenvalue weighted by Gasteiger charge is 2.13. The zero-order chi connectivity index (χ0) is 14.3. The third-order valence-electron chi connectivity index (χ3n) is 2.82. The van der Waals surface area contributed by atoms with Gasteiger partial charge in [0.25, 0.3) is 0 Å². The molecular weight excluding hydrogens is 268 g/mol. The summed E-state index contributed by atoms with van der Waals surface area (Å²) in [6.45, 7) is 2.55. The van der Waals surface area contributed by atoms with Crippen LogP contribution in [0.25, 0.3) is 0 Å². The first-order valence-electron chi connectivity index (χ1n) is 6.43. The Hall–Kier alpha value is -0.650. The van der Waals surface area contributed by atoms with E-state index in [2.05, 4.69) is 0 Å². The molecule has 0 fully saturated rings. The van der Waals surface area contributed by atoms with Gasteiger partial charge in [-0.1, -0.05) is 6.92 Å². The van der Waals surface area contributed by atoms with Gasteiger partial charge in [-0.25, -0.2) is 8.78 Å². The van der Waals surface area contributed by atoms with E-state index < -0.39 is 11.6 Å². The standard InChI is InChI=1S/C14H21F2NOS/c1-3-11(17)7-10-8-12(15)14(13(16)9-10)19-6-4-5-18-2/h8-9,11H,3-7,17H2,1-2H3. The fourth-order valence-corrected chi connectivity index (χ4v) is 2.55. The van der Waals surface area contributed by atoms with E-state index in [-0.39, 0.29) is 10.9 Å². The second kappa shape index (κ2) is 8.51. The predicted octanol–water partition coefficient (Wildman–Crippen LogP) is 3.37. The molecule has 1 rings (SSSR count). The molecule has 0 spiro atoms. The van der Waals surface area contributed by atoms with Crippen LogP contribution in [-0.4, -0.2) is 25.5 Å². The van der Waals surface area contributed by atoms with Crippen molar-refractivity contribution >= 4 is 11.8 Å². The summed E-state index contributed by atoms with van der Waals surface area (Å²) in [5, 5.41) is 0. The van der Waals surface area contributed by atoms with Gasteiger partial charge in [0.2, 0.25) is 0 Å². The number of nitrogens with two attached hydrogens (primary N) is 1. The van der Waals surface area contributed by atoms with Crippen LogP contribution in [0.4, 0.5) is 8.78 Å². The van der Waals surface area contributed by atoms with Crippen molar-refractivity contribution in [2.45, 2.75) is 37.1 Å². The summed E-state index contributed by atoms with van der Waals surface area (Å²) < 4.78 is 32.6. The minimum atomic E-state index is -0.499. The average molecular weight is 289 g/mol. The number of hydrogen-bond acceptors (Lipinski definition) is 3. The van der Waals surface area contributed by atoms with Crippen LogP contribution < -0.4 is 5.73 Å². The van der Waals surface area contributed by atoms with Gasteiger partial charge in [-0.05, 0) is 37.0 Å². The fraction of sp³-hybridized carbons (Fsp3) is 0.571. The number of thioether (sulfide) groups is 1. The summed E-state index contributed by atoms with van der Waals surface area (Å²) >= 11 is 1.19. The van der Waals surface area contributed by atoms with E-state index in [1.807, 2.05) is 6.92 Å². The SMILES string of the molecule is CCC(N)Cc1cc(F)c(SCCCOC)c(F)c1. The normalized spacial score (nSPS) is 12.7. The largest absolute Gasteiger partial charge is 0.385 e. The summed E-state index contributed by atoms with van der Waals surface area (Å²) in [6.07, 6.45) is 2.05. The quantitative estimate of drug-likeness (QED) is 0.588. The summed E-state index contributed by atoms with van der Waals surface area (Å²) in [5.41, 5.74) is 6.41. The maximum Gasteiger partial charge on any atom is 0.140 e. The van der Waals surface area contributed by atoms with Gasteiger partial charge >= 0.3 is 0 Å². The number of hydrogen-bond donors (Lipinski definition) is 1. The van der Waals surface area contributed by atoms with E-state index in [1.165, 1.54) is 23.9 Å². The Morgan fingerprint density at radius 3 is 2.47 bits per heavy atom. The number of benzene rings is 1. The zero-order valence-electron chi connectivity index (χ0n) is 11.4. The molecule has 2 N–H and O–H groups in total. The van der Waals surface area contributed by atoms with Crippen molar-refractivity contribution in [1.82, 2.24) is 0 Å². The average Bonchev–Trinajstić information content (AvgIpc) is 2.37. The van der Waals surface area contributed by atoms with Crippen molar-refractivity contribution in [3.63, 3.8) is 0 Å². The molecule has 0 aliphatic carbocycles. The predicted molar refractivity (Wildman–Crippen MR) is 75.5 cm³/mol. The molecule has 0 aliphatic heterocycles. The lowest BCUT2D eigenvalue weighted by molar-refractivity contribution is 0.200. The molecule has 0 bridgehead atoms. The van der Waals surface area contributed by atoms with Gasteiger partial charge in [0.05, 0.1) is 4.90 Å². The second-order valence-electron chi connectivity index (χ2n) is 4.46. The molecule has 0 amide bonds. The first-order chi connectivity index (χ1) is 9.08. The van der Waals surface area contributed by atoms with Crippen molar-refractivity contribution in [3.8, 4) is 0 Å². The Bertz CT molecular complexity index is 378. The Kier molecular flexibility index (Phi) is 7.34. The third-order valence-corrected chi connectivity index (χ3v) is 3.99. The summed E-state index contributed by atoms with van der Waals surface area (Å²) in [6, 6.07) is 2.72. The molecule has 0 radical (unpaired) electrons. The van der Waals surface area contributed by atoms with Crippen molar-refractivity contribution in [3.05, 3.63) is 29.3 Å². The van der Waals surface area contributed by atoms with Crippen molar-refractivity contribution in [1.29, 1.82) is 0 Å². The van der Waals surface area contributed by atoms with Crippen LogP contribution in [-0.2, 0) is 11.2 Å². The lowest BCUT2D eigenvalue weighted by atomic mass is 10.0. The second-order valence-corrected chi connectivity index (χ2v) is 5.56. The number of rotatable bonds is 8. The minimum absolute atomic E-state index is 0.0565. The molecule has 2 nitrogen and oxygen atoms in total. The monoisotopic (exact) mass is 289 g/mol. The Morgan fingerprint density at radius 2 is 1.95 bits per heavy atom. The van der Waals surface area contributed by atoms with Gasteiger partial charge < -0.3 is 10.5 Å². The molecule has 0 heterocycles. The van der Waals surface area contributed by atoms with Crippen molar-refractivity contribution in [2.24, 2.45) is 5.73 Å². The molecule has 0 saturated carbocycles. The smallest absolute Gasteiger partial charge is 0.140 e. The van der Waals surface area contributed by atoms with E-state index in [0.29, 0.717) is 24.3 Å². The molecule has 1 atom stereocenters. The molecular formula is C14H21F2NOS. The molecule has 0 saturated heterocycles. The Labute approximate surface area is 117 Å². The number of ether oxygens (including phenoxy) is 1. The number of halogens is 2. The van der Waals surface area contributed by atoms with Crippen LogP contribution in [0.15, 0.2) is 17.0 Å².